The summed E-state index contributed by atoms with van der Waals surface area (Å²) in [5.41, 5.74) is 3.47. The molecule has 1 unspecified atom stereocenters. The number of halogens is 1. The molecule has 2 amide bonds. The van der Waals surface area contributed by atoms with Crippen molar-refractivity contribution in [3.8, 4) is 11.1 Å². The van der Waals surface area contributed by atoms with Gasteiger partial charge in [0.05, 0.1) is 24.5 Å². The largest absolute Gasteiger partial charge is 0.442 e. The molecule has 0 spiro atoms. The molecule has 1 aliphatic rings. The third-order valence-corrected chi connectivity index (χ3v) is 5.11. The first-order valence-electron chi connectivity index (χ1n) is 10.2. The normalized spacial score (nSPS) is 15.6. The van der Waals surface area contributed by atoms with Crippen molar-refractivity contribution in [1.82, 2.24) is 15.8 Å². The molecule has 9 heteroatoms. The average Bonchev–Trinajstić information content (AvgIpc) is 3.42. The van der Waals surface area contributed by atoms with Gasteiger partial charge in [0.1, 0.15) is 18.2 Å². The third kappa shape index (κ3) is 5.12. The number of benzene rings is 2. The lowest BCUT2D eigenvalue weighted by molar-refractivity contribution is -0.119. The molecular weight excluding hydrogens is 415 g/mol. The Kier molecular flexibility index (Phi) is 6.46. The summed E-state index contributed by atoms with van der Waals surface area (Å²) in [5.74, 6) is -0.635. The summed E-state index contributed by atoms with van der Waals surface area (Å²) >= 11 is 0. The minimum Gasteiger partial charge on any atom is -0.442 e. The lowest BCUT2D eigenvalue weighted by Gasteiger charge is -2.15. The summed E-state index contributed by atoms with van der Waals surface area (Å²) in [6.07, 6.45) is 0.497. The highest BCUT2D eigenvalue weighted by molar-refractivity contribution is 5.90. The van der Waals surface area contributed by atoms with E-state index in [9.17, 15) is 14.0 Å². The Balaban J connectivity index is 1.38. The van der Waals surface area contributed by atoms with Gasteiger partial charge in [-0.3, -0.25) is 9.69 Å². The van der Waals surface area contributed by atoms with Gasteiger partial charge in [0.15, 0.2) is 0 Å². The summed E-state index contributed by atoms with van der Waals surface area (Å²) in [6, 6.07) is 14.0. The van der Waals surface area contributed by atoms with E-state index >= 15 is 0 Å². The fourth-order valence-electron chi connectivity index (χ4n) is 3.47. The van der Waals surface area contributed by atoms with E-state index in [0.717, 1.165) is 16.8 Å². The average molecular weight is 438 g/mol. The van der Waals surface area contributed by atoms with Crippen LogP contribution in [0.1, 0.15) is 18.2 Å². The number of carbonyl (C=O) groups excluding carboxylic acids is 2. The number of ether oxygens (including phenoxy) is 1. The topological polar surface area (TPSA) is 96.7 Å². The van der Waals surface area contributed by atoms with Crippen molar-refractivity contribution in [3.63, 3.8) is 0 Å². The first-order chi connectivity index (χ1) is 15.5. The quantitative estimate of drug-likeness (QED) is 0.561. The highest BCUT2D eigenvalue weighted by Crippen LogP contribution is 2.29. The molecule has 8 nitrogen and oxygen atoms in total. The van der Waals surface area contributed by atoms with Crippen LogP contribution in [0.2, 0.25) is 0 Å². The predicted molar refractivity (Wildman–Crippen MR) is 115 cm³/mol. The van der Waals surface area contributed by atoms with Gasteiger partial charge in [-0.05, 0) is 29.3 Å². The van der Waals surface area contributed by atoms with Crippen molar-refractivity contribution in [2.75, 3.05) is 18.0 Å². The Morgan fingerprint density at radius 1 is 1.19 bits per heavy atom. The number of rotatable bonds is 8. The monoisotopic (exact) mass is 438 g/mol. The molecule has 0 radical (unpaired) electrons. The molecular formula is C23H23FN4O4. The SMILES string of the molecule is CC(=O)NCC1CN(c2ccc(-c3ccc(CNCc4ccon4)cc3)c(F)c2)C(=O)O1. The van der Waals surface area contributed by atoms with Crippen LogP contribution in [0.15, 0.2) is 59.3 Å². The van der Waals surface area contributed by atoms with Gasteiger partial charge in [0.2, 0.25) is 5.91 Å². The second kappa shape index (κ2) is 9.61. The van der Waals surface area contributed by atoms with Crippen LogP contribution in [0, 0.1) is 5.82 Å². The number of hydrogen-bond acceptors (Lipinski definition) is 6. The number of hydrogen-bond donors (Lipinski definition) is 2. The molecule has 166 valence electrons. The molecule has 1 saturated heterocycles. The maximum Gasteiger partial charge on any atom is 0.414 e. The van der Waals surface area contributed by atoms with E-state index in [1.54, 1.807) is 18.2 Å². The second-order valence-electron chi connectivity index (χ2n) is 7.51. The van der Waals surface area contributed by atoms with Crippen LogP contribution < -0.4 is 15.5 Å². The Morgan fingerprint density at radius 2 is 2.00 bits per heavy atom. The van der Waals surface area contributed by atoms with E-state index in [4.69, 9.17) is 9.26 Å². The van der Waals surface area contributed by atoms with Gasteiger partial charge in [-0.15, -0.1) is 0 Å². The lowest BCUT2D eigenvalue weighted by Crippen LogP contribution is -2.33. The van der Waals surface area contributed by atoms with Crippen molar-refractivity contribution in [2.24, 2.45) is 0 Å². The molecule has 1 fully saturated rings. The molecule has 2 N–H and O–H groups in total. The Bertz CT molecular complexity index is 1090. The first kappa shape index (κ1) is 21.5. The van der Waals surface area contributed by atoms with E-state index < -0.39 is 18.0 Å². The molecule has 1 aromatic heterocycles. The summed E-state index contributed by atoms with van der Waals surface area (Å²) in [6.45, 7) is 3.10. The van der Waals surface area contributed by atoms with Crippen molar-refractivity contribution < 1.29 is 23.2 Å². The predicted octanol–water partition coefficient (Wildman–Crippen LogP) is 3.23. The molecule has 0 saturated carbocycles. The number of carbonyl (C=O) groups is 2. The fraction of sp³-hybridized carbons (Fsp3) is 0.261. The summed E-state index contributed by atoms with van der Waals surface area (Å²) in [4.78, 5) is 24.6. The maximum atomic E-state index is 14.9. The highest BCUT2D eigenvalue weighted by Gasteiger charge is 2.32. The van der Waals surface area contributed by atoms with Gasteiger partial charge in [0.25, 0.3) is 0 Å². The highest BCUT2D eigenvalue weighted by atomic mass is 19.1. The number of aromatic nitrogens is 1. The minimum absolute atomic E-state index is 0.202. The van der Waals surface area contributed by atoms with Crippen molar-refractivity contribution >= 4 is 17.7 Å². The van der Waals surface area contributed by atoms with Crippen LogP contribution in [0.25, 0.3) is 11.1 Å². The second-order valence-corrected chi connectivity index (χ2v) is 7.51. The minimum atomic E-state index is -0.560. The third-order valence-electron chi connectivity index (χ3n) is 5.11. The van der Waals surface area contributed by atoms with Gasteiger partial charge < -0.3 is 19.9 Å². The molecule has 2 heterocycles. The van der Waals surface area contributed by atoms with Crippen LogP contribution in [0.4, 0.5) is 14.9 Å². The lowest BCUT2D eigenvalue weighted by atomic mass is 10.0. The summed E-state index contributed by atoms with van der Waals surface area (Å²) in [5, 5.41) is 9.73. The summed E-state index contributed by atoms with van der Waals surface area (Å²) < 4.78 is 24.9. The first-order valence-corrected chi connectivity index (χ1v) is 10.2. The van der Waals surface area contributed by atoms with Crippen LogP contribution in [-0.2, 0) is 22.6 Å². The molecule has 1 aliphatic heterocycles. The van der Waals surface area contributed by atoms with E-state index in [0.29, 0.717) is 24.3 Å². The molecule has 3 aromatic rings. The molecule has 4 rings (SSSR count). The maximum absolute atomic E-state index is 14.9. The van der Waals surface area contributed by atoms with Crippen molar-refractivity contribution in [1.29, 1.82) is 0 Å². The van der Waals surface area contributed by atoms with Crippen LogP contribution in [0.3, 0.4) is 0 Å². The van der Waals surface area contributed by atoms with E-state index in [2.05, 4.69) is 15.8 Å². The zero-order valence-electron chi connectivity index (χ0n) is 17.5. The van der Waals surface area contributed by atoms with Crippen molar-refractivity contribution in [2.45, 2.75) is 26.1 Å². The molecule has 0 aliphatic carbocycles. The van der Waals surface area contributed by atoms with Gasteiger partial charge >= 0.3 is 6.09 Å². The Hall–Kier alpha value is -3.72. The molecule has 1 atom stereocenters. The van der Waals surface area contributed by atoms with Crippen LogP contribution in [0.5, 0.6) is 0 Å². The van der Waals surface area contributed by atoms with Crippen LogP contribution >= 0.6 is 0 Å². The number of amides is 2. The smallest absolute Gasteiger partial charge is 0.414 e. The van der Waals surface area contributed by atoms with Crippen molar-refractivity contribution in [3.05, 3.63) is 71.9 Å². The van der Waals surface area contributed by atoms with Gasteiger partial charge in [0, 0.05) is 31.6 Å². The van der Waals surface area contributed by atoms with Gasteiger partial charge in [-0.1, -0.05) is 29.4 Å². The standard InChI is InChI=1S/C23H23FN4O4/c1-15(29)26-13-20-14-28(23(30)32-20)19-6-7-21(22(24)10-19)17-4-2-16(3-5-17)11-25-12-18-8-9-31-27-18/h2-10,20,25H,11-14H2,1H3,(H,26,29). The Morgan fingerprint density at radius 3 is 2.69 bits per heavy atom. The number of nitrogens with zero attached hydrogens (tertiary/aromatic N) is 2. The zero-order chi connectivity index (χ0) is 22.5. The number of anilines is 1. The molecule has 2 aromatic carbocycles. The molecule has 32 heavy (non-hydrogen) atoms. The fourth-order valence-corrected chi connectivity index (χ4v) is 3.47. The zero-order valence-corrected chi connectivity index (χ0v) is 17.5. The van der Waals surface area contributed by atoms with E-state index in [1.807, 2.05) is 24.3 Å². The number of cyclic esters (lactones) is 1. The number of nitrogens with one attached hydrogen (secondary N) is 2. The van der Waals surface area contributed by atoms with Gasteiger partial charge in [-0.25, -0.2) is 9.18 Å². The Labute approximate surface area is 184 Å². The molecule has 0 bridgehead atoms. The van der Waals surface area contributed by atoms with Gasteiger partial charge in [-0.2, -0.15) is 0 Å². The van der Waals surface area contributed by atoms with E-state index in [1.165, 1.54) is 24.2 Å². The summed E-state index contributed by atoms with van der Waals surface area (Å²) in [7, 11) is 0. The van der Waals surface area contributed by atoms with E-state index in [-0.39, 0.29) is 19.0 Å². The van der Waals surface area contributed by atoms with Crippen LogP contribution in [-0.4, -0.2) is 36.4 Å².